The van der Waals surface area contributed by atoms with Crippen LogP contribution in [0.4, 0.5) is 17.1 Å². The Hall–Kier alpha value is -6.06. The van der Waals surface area contributed by atoms with E-state index in [4.69, 9.17) is 14.2 Å². The Kier molecular flexibility index (Phi) is 19.5. The third-order valence-electron chi connectivity index (χ3n) is 13.4. The molecule has 8 aromatic rings. The number of ether oxygens (including phenoxy) is 3. The van der Waals surface area contributed by atoms with Crippen LogP contribution in [0.15, 0.2) is 109 Å². The fourth-order valence-corrected chi connectivity index (χ4v) is 13.6. The number of thiophene rings is 3. The molecule has 0 aliphatic heterocycles. The van der Waals surface area contributed by atoms with E-state index in [0.717, 1.165) is 143 Å². The summed E-state index contributed by atoms with van der Waals surface area (Å²) in [5.74, 6) is 1.41. The second-order valence-electron chi connectivity index (χ2n) is 18.9. The highest BCUT2D eigenvalue weighted by Gasteiger charge is 2.26. The first-order chi connectivity index (χ1) is 35.8. The van der Waals surface area contributed by atoms with Gasteiger partial charge in [-0.3, -0.25) is 0 Å². The van der Waals surface area contributed by atoms with E-state index in [0.29, 0.717) is 6.61 Å². The smallest absolute Gasteiger partial charge is 0.346 e. The quantitative estimate of drug-likeness (QED) is 0.0272. The van der Waals surface area contributed by atoms with Crippen molar-refractivity contribution >= 4 is 93.0 Å². The topological polar surface area (TPSA) is 97.0 Å². The molecule has 8 nitrogen and oxygen atoms in total. The maximum Gasteiger partial charge on any atom is 0.346 e. The van der Waals surface area contributed by atoms with Crippen LogP contribution < -0.4 is 19.1 Å². The fraction of sp³-hybridized carbons (Fsp3) is 0.387. The minimum absolute atomic E-state index is 0.243. The number of aryl methyl sites for hydroxylation is 1. The molecule has 0 spiro atoms. The van der Waals surface area contributed by atoms with Gasteiger partial charge in [-0.2, -0.15) is 5.26 Å². The molecule has 4 aromatic carbocycles. The molecule has 4 aromatic heterocycles. The number of anilines is 3. The van der Waals surface area contributed by atoms with Crippen molar-refractivity contribution in [2.45, 2.75) is 137 Å². The van der Waals surface area contributed by atoms with Crippen LogP contribution in [0, 0.1) is 11.3 Å². The summed E-state index contributed by atoms with van der Waals surface area (Å²) in [5.41, 5.74) is 8.44. The lowest BCUT2D eigenvalue weighted by Crippen LogP contribution is -2.10. The van der Waals surface area contributed by atoms with Gasteiger partial charge in [-0.25, -0.2) is 4.79 Å². The maximum atomic E-state index is 12.1. The summed E-state index contributed by atoms with van der Waals surface area (Å²) >= 11 is 5.22. The van der Waals surface area contributed by atoms with E-state index in [1.807, 2.05) is 17.4 Å². The molecule has 0 aliphatic carbocycles. The third-order valence-corrected chi connectivity index (χ3v) is 17.3. The van der Waals surface area contributed by atoms with Crippen molar-refractivity contribution in [2.75, 3.05) is 24.7 Å². The predicted octanol–water partition coefficient (Wildman–Crippen LogP) is 19.2. The average Bonchev–Trinajstić information content (AvgIpc) is 4.16. The van der Waals surface area contributed by atoms with Crippen LogP contribution in [0.5, 0.6) is 17.2 Å². The van der Waals surface area contributed by atoms with E-state index in [1.165, 1.54) is 70.3 Å². The molecule has 0 saturated heterocycles. The molecule has 0 fully saturated rings. The van der Waals surface area contributed by atoms with Crippen molar-refractivity contribution in [1.29, 1.82) is 5.26 Å². The van der Waals surface area contributed by atoms with Crippen molar-refractivity contribution in [1.82, 2.24) is 4.57 Å². The van der Waals surface area contributed by atoms with E-state index in [1.54, 1.807) is 28.7 Å². The number of hydrogen-bond donors (Lipinski definition) is 1. The van der Waals surface area contributed by atoms with Gasteiger partial charge >= 0.3 is 5.97 Å². The predicted molar refractivity (Wildman–Crippen MR) is 310 cm³/mol. The molecule has 73 heavy (non-hydrogen) atoms. The van der Waals surface area contributed by atoms with Crippen LogP contribution in [0.2, 0.25) is 0 Å². The van der Waals surface area contributed by atoms with Gasteiger partial charge in [0.15, 0.2) is 0 Å². The minimum atomic E-state index is -1.20. The van der Waals surface area contributed by atoms with Gasteiger partial charge < -0.3 is 28.8 Å². The Morgan fingerprint density at radius 2 is 1.04 bits per heavy atom. The highest BCUT2D eigenvalue weighted by molar-refractivity contribution is 7.36. The SMILES string of the molecule is CCCCCCOc1ccc(N(c2ccc(OCCCCCC)cc2)c2ccc(-c3cc4c(s3)c3sc5c(CCCCCC)c(/C=C(\C#N)C(=O)O)sc5c3n4-c3ccc(OCCCCCC)cc3)cc2)cc1. The van der Waals surface area contributed by atoms with Gasteiger partial charge in [0.25, 0.3) is 0 Å². The zero-order valence-electron chi connectivity index (χ0n) is 43.2. The molecule has 0 aliphatic rings. The number of nitrogens with zero attached hydrogens (tertiary/aromatic N) is 3. The normalized spacial score (nSPS) is 11.7. The fourth-order valence-electron chi connectivity index (χ4n) is 9.39. The summed E-state index contributed by atoms with van der Waals surface area (Å²) in [6.07, 6.45) is 20.7. The number of unbranched alkanes of at least 4 members (excludes halogenated alkanes) is 12. The second-order valence-corrected chi connectivity index (χ2v) is 22.0. The summed E-state index contributed by atoms with van der Waals surface area (Å²) in [6.45, 7) is 11.0. The number of aromatic nitrogens is 1. The van der Waals surface area contributed by atoms with Crippen molar-refractivity contribution in [2.24, 2.45) is 0 Å². The number of benzene rings is 4. The number of carboxylic acids is 1. The second kappa shape index (κ2) is 26.8. The standard InChI is InChI=1S/C62H71N3O5S3/c1-5-9-13-17-21-53-56(41-45(43-63)62(66)67)72-60-57-61(73-58(53)60)59-54(65(57)49-30-36-52(37-31-49)70-40-20-16-12-8-4)42-55(71-59)44-22-24-46(25-23-44)64(47-26-32-50(33-27-47)68-38-18-14-10-6-2)48-28-34-51(35-29-48)69-39-19-15-11-7-3/h22-37,41-42H,5-21,38-40H2,1-4H3,(H,66,67)/b45-41+. The first-order valence-electron chi connectivity index (χ1n) is 26.8. The Bertz CT molecular complexity index is 3020. The van der Waals surface area contributed by atoms with Gasteiger partial charge in [-0.1, -0.05) is 117 Å². The number of carbonyl (C=O) groups is 1. The molecule has 0 amide bonds. The van der Waals surface area contributed by atoms with E-state index in [2.05, 4.69) is 140 Å². The van der Waals surface area contributed by atoms with E-state index in [9.17, 15) is 15.2 Å². The summed E-state index contributed by atoms with van der Waals surface area (Å²) in [4.78, 5) is 16.4. The van der Waals surface area contributed by atoms with E-state index >= 15 is 0 Å². The number of aliphatic carboxylic acids is 1. The average molecular weight is 1030 g/mol. The molecule has 0 atom stereocenters. The first-order valence-corrected chi connectivity index (χ1v) is 29.3. The maximum absolute atomic E-state index is 12.1. The molecular formula is C62H71N3O5S3. The largest absolute Gasteiger partial charge is 0.494 e. The van der Waals surface area contributed by atoms with Crippen LogP contribution in [0.25, 0.3) is 52.0 Å². The van der Waals surface area contributed by atoms with Crippen molar-refractivity contribution in [3.63, 3.8) is 0 Å². The van der Waals surface area contributed by atoms with Gasteiger partial charge in [0.2, 0.25) is 0 Å². The first kappa shape index (κ1) is 53.2. The number of rotatable bonds is 30. The van der Waals surface area contributed by atoms with Gasteiger partial charge in [0.05, 0.1) is 49.7 Å². The number of nitriles is 1. The molecule has 0 bridgehead atoms. The van der Waals surface area contributed by atoms with Crippen LogP contribution in [-0.4, -0.2) is 35.5 Å². The lowest BCUT2D eigenvalue weighted by molar-refractivity contribution is -0.132. The van der Waals surface area contributed by atoms with Gasteiger partial charge in [0, 0.05) is 32.5 Å². The Morgan fingerprint density at radius 3 is 1.52 bits per heavy atom. The lowest BCUT2D eigenvalue weighted by atomic mass is 10.1. The summed E-state index contributed by atoms with van der Waals surface area (Å²) in [5, 5.41) is 19.7. The third kappa shape index (κ3) is 13.2. The summed E-state index contributed by atoms with van der Waals surface area (Å²) < 4.78 is 25.6. The van der Waals surface area contributed by atoms with Gasteiger partial charge in [-0.15, -0.1) is 34.0 Å². The van der Waals surface area contributed by atoms with Gasteiger partial charge in [0.1, 0.15) is 28.9 Å². The molecule has 11 heteroatoms. The van der Waals surface area contributed by atoms with Crippen molar-refractivity contribution in [3.8, 4) is 39.4 Å². The molecule has 0 radical (unpaired) electrons. The highest BCUT2D eigenvalue weighted by Crippen LogP contribution is 2.52. The monoisotopic (exact) mass is 1030 g/mol. The lowest BCUT2D eigenvalue weighted by Gasteiger charge is -2.26. The van der Waals surface area contributed by atoms with Crippen LogP contribution in [-0.2, 0) is 11.2 Å². The zero-order valence-corrected chi connectivity index (χ0v) is 45.6. The zero-order chi connectivity index (χ0) is 50.9. The molecule has 0 saturated carbocycles. The summed E-state index contributed by atoms with van der Waals surface area (Å²) in [7, 11) is 0. The Morgan fingerprint density at radius 1 is 0.575 bits per heavy atom. The molecular weight excluding hydrogens is 963 g/mol. The minimum Gasteiger partial charge on any atom is -0.494 e. The van der Waals surface area contributed by atoms with Gasteiger partial charge in [-0.05, 0) is 140 Å². The van der Waals surface area contributed by atoms with E-state index in [-0.39, 0.29) is 5.57 Å². The Labute approximate surface area is 444 Å². The van der Waals surface area contributed by atoms with E-state index < -0.39 is 5.97 Å². The molecule has 0 unspecified atom stereocenters. The summed E-state index contributed by atoms with van der Waals surface area (Å²) in [6, 6.07) is 38.5. The van der Waals surface area contributed by atoms with Crippen molar-refractivity contribution in [3.05, 3.63) is 119 Å². The number of fused-ring (bicyclic) bond motifs is 5. The van der Waals surface area contributed by atoms with Crippen LogP contribution >= 0.6 is 34.0 Å². The van der Waals surface area contributed by atoms with Crippen LogP contribution in [0.1, 0.15) is 141 Å². The molecule has 382 valence electrons. The molecule has 1 N–H and O–H groups in total. The van der Waals surface area contributed by atoms with Crippen LogP contribution in [0.3, 0.4) is 0 Å². The molecule has 4 heterocycles. The number of carboxylic acid groups (broad SMARTS) is 1. The number of hydrogen-bond acceptors (Lipinski definition) is 9. The highest BCUT2D eigenvalue weighted by atomic mass is 32.1. The molecule has 8 rings (SSSR count). The van der Waals surface area contributed by atoms with Crippen molar-refractivity contribution < 1.29 is 24.1 Å². The Balaban J connectivity index is 1.17.